The highest BCUT2D eigenvalue weighted by Gasteiger charge is 2.29. The fourth-order valence-corrected chi connectivity index (χ4v) is 0.976. The first-order valence-electron chi connectivity index (χ1n) is 5.05. The number of benzene rings is 1. The van der Waals surface area contributed by atoms with Gasteiger partial charge in [-0.15, -0.1) is 0 Å². The standard InChI is InChI=1S/C12H9F3O4/c13-12(14,15)8-18-10(16)6-7-11(17)19-9-4-2-1-3-5-9/h1-7H,8H2/b7-6+. The summed E-state index contributed by atoms with van der Waals surface area (Å²) in [5, 5.41) is 0. The van der Waals surface area contributed by atoms with E-state index in [9.17, 15) is 22.8 Å². The Hall–Kier alpha value is -2.31. The molecule has 0 atom stereocenters. The lowest BCUT2D eigenvalue weighted by Gasteiger charge is -2.05. The number of halogens is 3. The van der Waals surface area contributed by atoms with E-state index < -0.39 is 24.7 Å². The zero-order valence-electron chi connectivity index (χ0n) is 9.52. The fourth-order valence-electron chi connectivity index (χ4n) is 0.976. The van der Waals surface area contributed by atoms with Crippen LogP contribution in [0.3, 0.4) is 0 Å². The molecule has 102 valence electrons. The zero-order chi connectivity index (χ0) is 14.3. The van der Waals surface area contributed by atoms with E-state index in [1.807, 2.05) is 0 Å². The Balaban J connectivity index is 2.40. The van der Waals surface area contributed by atoms with E-state index >= 15 is 0 Å². The summed E-state index contributed by atoms with van der Waals surface area (Å²) in [6.07, 6.45) is -3.35. The number of hydrogen-bond acceptors (Lipinski definition) is 4. The Kier molecular flexibility index (Phi) is 5.11. The van der Waals surface area contributed by atoms with Crippen LogP contribution in [0.25, 0.3) is 0 Å². The predicted molar refractivity (Wildman–Crippen MR) is 58.2 cm³/mol. The van der Waals surface area contributed by atoms with E-state index in [1.165, 1.54) is 12.1 Å². The van der Waals surface area contributed by atoms with Crippen LogP contribution in [0.15, 0.2) is 42.5 Å². The molecule has 0 radical (unpaired) electrons. The van der Waals surface area contributed by atoms with Gasteiger partial charge in [-0.1, -0.05) is 18.2 Å². The van der Waals surface area contributed by atoms with Crippen molar-refractivity contribution in [2.24, 2.45) is 0 Å². The van der Waals surface area contributed by atoms with E-state index in [-0.39, 0.29) is 5.75 Å². The minimum atomic E-state index is -4.60. The minimum Gasteiger partial charge on any atom is -0.453 e. The van der Waals surface area contributed by atoms with Gasteiger partial charge in [0.15, 0.2) is 6.61 Å². The molecule has 0 spiro atoms. The third-order valence-electron chi connectivity index (χ3n) is 1.70. The van der Waals surface area contributed by atoms with Gasteiger partial charge < -0.3 is 9.47 Å². The van der Waals surface area contributed by atoms with Gasteiger partial charge in [0, 0.05) is 12.2 Å². The van der Waals surface area contributed by atoms with Crippen LogP contribution < -0.4 is 4.74 Å². The molecular formula is C12H9F3O4. The van der Waals surface area contributed by atoms with Crippen LogP contribution in [0, 0.1) is 0 Å². The maximum Gasteiger partial charge on any atom is 0.422 e. The second-order valence-corrected chi connectivity index (χ2v) is 3.29. The van der Waals surface area contributed by atoms with Crippen LogP contribution in [0.5, 0.6) is 5.75 Å². The number of rotatable bonds is 4. The molecule has 0 amide bonds. The third kappa shape index (κ3) is 6.87. The number of alkyl halides is 3. The first kappa shape index (κ1) is 14.7. The smallest absolute Gasteiger partial charge is 0.422 e. The van der Waals surface area contributed by atoms with Crippen molar-refractivity contribution in [3.05, 3.63) is 42.5 Å². The van der Waals surface area contributed by atoms with Gasteiger partial charge in [0.2, 0.25) is 0 Å². The van der Waals surface area contributed by atoms with Crippen molar-refractivity contribution in [3.8, 4) is 5.75 Å². The molecule has 0 heterocycles. The Morgan fingerprint density at radius 2 is 1.63 bits per heavy atom. The summed E-state index contributed by atoms with van der Waals surface area (Å²) < 4.78 is 43.7. The highest BCUT2D eigenvalue weighted by Crippen LogP contribution is 2.14. The topological polar surface area (TPSA) is 52.6 Å². The summed E-state index contributed by atoms with van der Waals surface area (Å²) in [5.74, 6) is -1.92. The van der Waals surface area contributed by atoms with Crippen molar-refractivity contribution in [1.29, 1.82) is 0 Å². The maximum atomic E-state index is 11.7. The largest absolute Gasteiger partial charge is 0.453 e. The molecular weight excluding hydrogens is 265 g/mol. The Bertz CT molecular complexity index is 466. The molecule has 0 saturated carbocycles. The molecule has 4 nitrogen and oxygen atoms in total. The third-order valence-corrected chi connectivity index (χ3v) is 1.70. The van der Waals surface area contributed by atoms with Crippen molar-refractivity contribution in [3.63, 3.8) is 0 Å². The van der Waals surface area contributed by atoms with Gasteiger partial charge in [0.1, 0.15) is 5.75 Å². The van der Waals surface area contributed by atoms with Gasteiger partial charge in [-0.3, -0.25) is 0 Å². The van der Waals surface area contributed by atoms with Crippen molar-refractivity contribution in [2.75, 3.05) is 6.61 Å². The monoisotopic (exact) mass is 274 g/mol. The lowest BCUT2D eigenvalue weighted by molar-refractivity contribution is -0.182. The van der Waals surface area contributed by atoms with Crippen molar-refractivity contribution in [1.82, 2.24) is 0 Å². The van der Waals surface area contributed by atoms with Crippen molar-refractivity contribution in [2.45, 2.75) is 6.18 Å². The Labute approximate surface area is 106 Å². The molecule has 0 bridgehead atoms. The maximum absolute atomic E-state index is 11.7. The van der Waals surface area contributed by atoms with E-state index in [0.29, 0.717) is 12.2 Å². The van der Waals surface area contributed by atoms with Gasteiger partial charge in [0.05, 0.1) is 0 Å². The molecule has 0 aliphatic rings. The van der Waals surface area contributed by atoms with Crippen LogP contribution in [0.2, 0.25) is 0 Å². The molecule has 1 rings (SSSR count). The van der Waals surface area contributed by atoms with Crippen LogP contribution in [-0.2, 0) is 14.3 Å². The number of ether oxygens (including phenoxy) is 2. The van der Waals surface area contributed by atoms with Gasteiger partial charge in [-0.25, -0.2) is 9.59 Å². The molecule has 0 aliphatic heterocycles. The molecule has 0 aliphatic carbocycles. The second-order valence-electron chi connectivity index (χ2n) is 3.29. The first-order valence-corrected chi connectivity index (χ1v) is 5.05. The summed E-state index contributed by atoms with van der Waals surface area (Å²) in [7, 11) is 0. The van der Waals surface area contributed by atoms with E-state index in [0.717, 1.165) is 0 Å². The van der Waals surface area contributed by atoms with Crippen LogP contribution in [0.4, 0.5) is 13.2 Å². The first-order chi connectivity index (χ1) is 8.87. The summed E-state index contributed by atoms with van der Waals surface area (Å²) >= 11 is 0. The fraction of sp³-hybridized carbons (Fsp3) is 0.167. The minimum absolute atomic E-state index is 0.251. The molecule has 0 unspecified atom stereocenters. The average molecular weight is 274 g/mol. The number of esters is 2. The molecule has 7 heteroatoms. The summed E-state index contributed by atoms with van der Waals surface area (Å²) in [6.45, 7) is -1.70. The highest BCUT2D eigenvalue weighted by atomic mass is 19.4. The molecule has 0 saturated heterocycles. The number of para-hydroxylation sites is 1. The van der Waals surface area contributed by atoms with Gasteiger partial charge in [0.25, 0.3) is 0 Å². The van der Waals surface area contributed by atoms with Crippen LogP contribution in [-0.4, -0.2) is 24.7 Å². The molecule has 19 heavy (non-hydrogen) atoms. The second kappa shape index (κ2) is 6.58. The predicted octanol–water partition coefficient (Wildman–Crippen LogP) is 2.25. The number of hydrogen-bond donors (Lipinski definition) is 0. The lowest BCUT2D eigenvalue weighted by Crippen LogP contribution is -2.19. The molecule has 1 aromatic rings. The molecule has 0 aromatic heterocycles. The quantitative estimate of drug-likeness (QED) is 0.480. The molecule has 1 aromatic carbocycles. The Morgan fingerprint density at radius 3 is 2.21 bits per heavy atom. The van der Waals surface area contributed by atoms with Gasteiger partial charge >= 0.3 is 18.1 Å². The molecule has 0 N–H and O–H groups in total. The number of carbonyl (C=O) groups is 2. The van der Waals surface area contributed by atoms with Crippen LogP contribution >= 0.6 is 0 Å². The Morgan fingerprint density at radius 1 is 1.05 bits per heavy atom. The van der Waals surface area contributed by atoms with E-state index in [4.69, 9.17) is 4.74 Å². The average Bonchev–Trinajstić information content (AvgIpc) is 2.34. The summed E-state index contributed by atoms with van der Waals surface area (Å²) in [6, 6.07) is 7.98. The van der Waals surface area contributed by atoms with Gasteiger partial charge in [-0.2, -0.15) is 13.2 Å². The number of carbonyl (C=O) groups excluding carboxylic acids is 2. The van der Waals surface area contributed by atoms with E-state index in [2.05, 4.69) is 4.74 Å². The summed E-state index contributed by atoms with van der Waals surface area (Å²) in [5.41, 5.74) is 0. The summed E-state index contributed by atoms with van der Waals surface area (Å²) in [4.78, 5) is 22.0. The highest BCUT2D eigenvalue weighted by molar-refractivity contribution is 5.92. The van der Waals surface area contributed by atoms with Gasteiger partial charge in [-0.05, 0) is 12.1 Å². The van der Waals surface area contributed by atoms with Crippen molar-refractivity contribution < 1.29 is 32.2 Å². The lowest BCUT2D eigenvalue weighted by atomic mass is 10.3. The zero-order valence-corrected chi connectivity index (χ0v) is 9.52. The van der Waals surface area contributed by atoms with Crippen molar-refractivity contribution >= 4 is 11.9 Å². The SMILES string of the molecule is O=C(/C=C/C(=O)Oc1ccccc1)OCC(F)(F)F. The van der Waals surface area contributed by atoms with Crippen LogP contribution in [0.1, 0.15) is 0 Å². The molecule has 0 fully saturated rings. The normalized spacial score (nSPS) is 11.3. The van der Waals surface area contributed by atoms with E-state index in [1.54, 1.807) is 18.2 Å².